The lowest BCUT2D eigenvalue weighted by Gasteiger charge is -2.55. The molecule has 0 saturated carbocycles. The summed E-state index contributed by atoms with van der Waals surface area (Å²) in [6.07, 6.45) is 5.59. The van der Waals surface area contributed by atoms with Gasteiger partial charge in [-0.25, -0.2) is 0 Å². The fourth-order valence-corrected chi connectivity index (χ4v) is 4.13. The van der Waals surface area contributed by atoms with Crippen molar-refractivity contribution in [3.8, 4) is 0 Å². The first-order valence-electron chi connectivity index (χ1n) is 9.76. The van der Waals surface area contributed by atoms with Gasteiger partial charge in [-0.05, 0) is 30.2 Å². The van der Waals surface area contributed by atoms with Crippen molar-refractivity contribution >= 4 is 17.9 Å². The Bertz CT molecular complexity index is 880. The minimum atomic E-state index is -0.289. The quantitative estimate of drug-likeness (QED) is 0.819. The van der Waals surface area contributed by atoms with Crippen molar-refractivity contribution in [2.75, 3.05) is 20.2 Å². The highest BCUT2D eigenvalue weighted by Crippen LogP contribution is 2.41. The van der Waals surface area contributed by atoms with E-state index >= 15 is 0 Å². The largest absolute Gasteiger partial charge is 0.394 e. The molecule has 1 aliphatic rings. The minimum absolute atomic E-state index is 0.0393. The van der Waals surface area contributed by atoms with E-state index in [1.54, 1.807) is 41.2 Å². The molecule has 3 atom stereocenters. The molecule has 6 heteroatoms. The fraction of sp³-hybridized carbons (Fsp3) is 0.348. The van der Waals surface area contributed by atoms with Gasteiger partial charge in [-0.3, -0.25) is 14.6 Å². The van der Waals surface area contributed by atoms with Crippen LogP contribution >= 0.6 is 0 Å². The first-order valence-corrected chi connectivity index (χ1v) is 9.76. The number of aliphatic hydroxyl groups is 1. The highest BCUT2D eigenvalue weighted by atomic mass is 16.3. The van der Waals surface area contributed by atoms with Gasteiger partial charge >= 0.3 is 0 Å². The van der Waals surface area contributed by atoms with E-state index in [4.69, 9.17) is 0 Å². The van der Waals surface area contributed by atoms with Crippen molar-refractivity contribution in [3.05, 3.63) is 71.6 Å². The number of aliphatic hydroxyl groups excluding tert-OH is 1. The van der Waals surface area contributed by atoms with Gasteiger partial charge < -0.3 is 14.9 Å². The molecule has 0 aliphatic carbocycles. The molecule has 0 spiro atoms. The SMILES string of the molecule is CC=Cc1ccc([C@@H]2[C@@H](CO)N(C(C)=O)[C@H]2CN(C)C(=O)c2ccccn2)cc1. The van der Waals surface area contributed by atoms with E-state index in [-0.39, 0.29) is 36.4 Å². The van der Waals surface area contributed by atoms with E-state index in [0.29, 0.717) is 12.2 Å². The number of carbonyl (C=O) groups excluding carboxylic acids is 2. The van der Waals surface area contributed by atoms with Gasteiger partial charge in [0.25, 0.3) is 5.91 Å². The molecule has 1 saturated heterocycles. The standard InChI is InChI=1S/C23H27N3O3/c1-4-7-17-9-11-18(12-10-17)22-20(26(16(2)28)21(22)15-27)14-25(3)23(29)19-8-5-6-13-24-19/h4-13,20-22,27H,14-15H2,1-3H3/t20-,21+,22-/m0/s1. The molecular formula is C23H27N3O3. The average Bonchev–Trinajstić information content (AvgIpc) is 2.72. The first-order chi connectivity index (χ1) is 14.0. The summed E-state index contributed by atoms with van der Waals surface area (Å²) in [7, 11) is 1.72. The van der Waals surface area contributed by atoms with Crippen LogP contribution in [0, 0.1) is 0 Å². The zero-order valence-corrected chi connectivity index (χ0v) is 17.0. The van der Waals surface area contributed by atoms with Crippen molar-refractivity contribution in [2.45, 2.75) is 31.8 Å². The molecule has 2 aromatic rings. The molecule has 1 aliphatic heterocycles. The van der Waals surface area contributed by atoms with Gasteiger partial charge in [0, 0.05) is 32.6 Å². The summed E-state index contributed by atoms with van der Waals surface area (Å²) in [6.45, 7) is 3.72. The lowest BCUT2D eigenvalue weighted by molar-refractivity contribution is -0.148. The van der Waals surface area contributed by atoms with Gasteiger partial charge in [0.05, 0.1) is 18.7 Å². The lowest BCUT2D eigenvalue weighted by atomic mass is 9.74. The zero-order valence-electron chi connectivity index (χ0n) is 17.0. The number of benzene rings is 1. The fourth-order valence-electron chi connectivity index (χ4n) is 4.13. The highest BCUT2D eigenvalue weighted by molar-refractivity contribution is 5.92. The Labute approximate surface area is 171 Å². The number of nitrogens with zero attached hydrogens (tertiary/aromatic N) is 3. The summed E-state index contributed by atoms with van der Waals surface area (Å²) in [5.41, 5.74) is 2.52. The van der Waals surface area contributed by atoms with E-state index in [1.165, 1.54) is 6.92 Å². The van der Waals surface area contributed by atoms with Crippen LogP contribution in [0.15, 0.2) is 54.7 Å². The average molecular weight is 393 g/mol. The number of rotatable bonds is 6. The molecule has 1 fully saturated rings. The summed E-state index contributed by atoms with van der Waals surface area (Å²) in [6, 6.07) is 12.9. The van der Waals surface area contributed by atoms with Crippen LogP contribution in [0.4, 0.5) is 0 Å². The third-order valence-corrected chi connectivity index (χ3v) is 5.47. The number of likely N-dealkylation sites (N-methyl/N-ethyl adjacent to an activating group) is 1. The molecule has 0 radical (unpaired) electrons. The van der Waals surface area contributed by atoms with E-state index in [2.05, 4.69) is 4.98 Å². The van der Waals surface area contributed by atoms with Crippen LogP contribution < -0.4 is 0 Å². The summed E-state index contributed by atoms with van der Waals surface area (Å²) in [4.78, 5) is 32.3. The lowest BCUT2D eigenvalue weighted by Crippen LogP contribution is -2.68. The third kappa shape index (κ3) is 4.22. The molecule has 0 bridgehead atoms. The second-order valence-electron chi connectivity index (χ2n) is 7.34. The number of carbonyl (C=O) groups is 2. The number of aromatic nitrogens is 1. The number of hydrogen-bond acceptors (Lipinski definition) is 4. The summed E-state index contributed by atoms with van der Waals surface area (Å²) < 4.78 is 0. The predicted octanol–water partition coefficient (Wildman–Crippen LogP) is 2.56. The smallest absolute Gasteiger partial charge is 0.272 e. The van der Waals surface area contributed by atoms with Gasteiger partial charge in [0.1, 0.15) is 5.69 Å². The van der Waals surface area contributed by atoms with Crippen molar-refractivity contribution in [2.24, 2.45) is 0 Å². The van der Waals surface area contributed by atoms with Crippen LogP contribution in [-0.4, -0.2) is 64.0 Å². The molecule has 1 aromatic heterocycles. The topological polar surface area (TPSA) is 73.7 Å². The number of hydrogen-bond donors (Lipinski definition) is 1. The second-order valence-corrected chi connectivity index (χ2v) is 7.34. The zero-order chi connectivity index (χ0) is 21.0. The number of pyridine rings is 1. The van der Waals surface area contributed by atoms with Gasteiger partial charge in [-0.1, -0.05) is 42.5 Å². The van der Waals surface area contributed by atoms with Crippen LogP contribution in [0.5, 0.6) is 0 Å². The van der Waals surface area contributed by atoms with Crippen LogP contribution in [-0.2, 0) is 4.79 Å². The molecule has 29 heavy (non-hydrogen) atoms. The Kier molecular flexibility index (Phi) is 6.44. The van der Waals surface area contributed by atoms with Gasteiger partial charge in [0.2, 0.25) is 5.91 Å². The van der Waals surface area contributed by atoms with Crippen LogP contribution in [0.1, 0.15) is 41.4 Å². The third-order valence-electron chi connectivity index (χ3n) is 5.47. The monoisotopic (exact) mass is 393 g/mol. The molecule has 6 nitrogen and oxygen atoms in total. The van der Waals surface area contributed by atoms with Crippen molar-refractivity contribution in [3.63, 3.8) is 0 Å². The van der Waals surface area contributed by atoms with Crippen LogP contribution in [0.3, 0.4) is 0 Å². The maximum absolute atomic E-state index is 12.7. The Balaban J connectivity index is 1.84. The second kappa shape index (κ2) is 9.01. The Morgan fingerprint density at radius 2 is 1.90 bits per heavy atom. The van der Waals surface area contributed by atoms with E-state index in [1.807, 2.05) is 43.3 Å². The van der Waals surface area contributed by atoms with Crippen molar-refractivity contribution in [1.82, 2.24) is 14.8 Å². The van der Waals surface area contributed by atoms with Crippen molar-refractivity contribution < 1.29 is 14.7 Å². The first kappa shape index (κ1) is 20.7. The molecule has 1 aromatic carbocycles. The van der Waals surface area contributed by atoms with Crippen molar-refractivity contribution in [1.29, 1.82) is 0 Å². The summed E-state index contributed by atoms with van der Waals surface area (Å²) in [5, 5.41) is 9.92. The van der Waals surface area contributed by atoms with Gasteiger partial charge in [0.15, 0.2) is 0 Å². The predicted molar refractivity (Wildman–Crippen MR) is 112 cm³/mol. The van der Waals surface area contributed by atoms with E-state index in [9.17, 15) is 14.7 Å². The van der Waals surface area contributed by atoms with E-state index < -0.39 is 0 Å². The molecule has 2 amide bonds. The number of amides is 2. The molecular weight excluding hydrogens is 366 g/mol. The summed E-state index contributed by atoms with van der Waals surface area (Å²) >= 11 is 0. The van der Waals surface area contributed by atoms with Gasteiger partial charge in [-0.2, -0.15) is 0 Å². The molecule has 1 N–H and O–H groups in total. The summed E-state index contributed by atoms with van der Waals surface area (Å²) in [5.74, 6) is -0.333. The maximum Gasteiger partial charge on any atom is 0.272 e. The normalized spacial score (nSPS) is 21.1. The molecule has 3 rings (SSSR count). The highest BCUT2D eigenvalue weighted by Gasteiger charge is 2.50. The Hall–Kier alpha value is -2.99. The number of allylic oxidation sites excluding steroid dienone is 1. The number of likely N-dealkylation sites (tertiary alicyclic amines) is 1. The molecule has 0 unspecified atom stereocenters. The van der Waals surface area contributed by atoms with Crippen LogP contribution in [0.2, 0.25) is 0 Å². The Morgan fingerprint density at radius 1 is 1.17 bits per heavy atom. The maximum atomic E-state index is 12.7. The minimum Gasteiger partial charge on any atom is -0.394 e. The molecule has 152 valence electrons. The van der Waals surface area contributed by atoms with Crippen LogP contribution in [0.25, 0.3) is 6.08 Å². The Morgan fingerprint density at radius 3 is 2.45 bits per heavy atom. The molecule has 2 heterocycles. The van der Waals surface area contributed by atoms with Gasteiger partial charge in [-0.15, -0.1) is 0 Å². The van der Waals surface area contributed by atoms with E-state index in [0.717, 1.165) is 11.1 Å².